The van der Waals surface area contributed by atoms with Gasteiger partial charge in [-0.2, -0.15) is 0 Å². The summed E-state index contributed by atoms with van der Waals surface area (Å²) in [6, 6.07) is 1.81. The van der Waals surface area contributed by atoms with Crippen molar-refractivity contribution in [3.05, 3.63) is 35.8 Å². The van der Waals surface area contributed by atoms with Gasteiger partial charge in [0.25, 0.3) is 0 Å². The van der Waals surface area contributed by atoms with Gasteiger partial charge in [-0.1, -0.05) is 11.8 Å². The molecule has 1 amide bonds. The van der Waals surface area contributed by atoms with Gasteiger partial charge in [0, 0.05) is 5.56 Å². The topological polar surface area (TPSA) is 123 Å². The van der Waals surface area contributed by atoms with Crippen LogP contribution in [-0.4, -0.2) is 25.8 Å². The highest BCUT2D eigenvalue weighted by molar-refractivity contribution is 7.98. The van der Waals surface area contributed by atoms with Crippen LogP contribution in [0.1, 0.15) is 21.9 Å². The van der Waals surface area contributed by atoms with Crippen LogP contribution in [0.15, 0.2) is 28.2 Å². The average Bonchev–Trinajstić information content (AvgIpc) is 3.10. The molecule has 0 aromatic carbocycles. The summed E-state index contributed by atoms with van der Waals surface area (Å²) in [5.74, 6) is 6.09. The number of amides is 1. The molecule has 0 spiro atoms. The number of fused-ring (bicyclic) bond motifs is 1. The number of nitrogens with zero attached hydrogens (tertiary/aromatic N) is 3. The van der Waals surface area contributed by atoms with Crippen molar-refractivity contribution in [3.8, 4) is 0 Å². The zero-order valence-electron chi connectivity index (χ0n) is 11.1. The van der Waals surface area contributed by atoms with Crippen LogP contribution in [0.4, 0.5) is 0 Å². The first-order valence-electron chi connectivity index (χ1n) is 6.06. The van der Waals surface area contributed by atoms with Gasteiger partial charge >= 0.3 is 5.91 Å². The molecule has 0 saturated carbocycles. The van der Waals surface area contributed by atoms with Crippen LogP contribution in [0.3, 0.4) is 0 Å². The summed E-state index contributed by atoms with van der Waals surface area (Å²) in [4.78, 5) is 26.8. The van der Waals surface area contributed by atoms with E-state index in [0.29, 0.717) is 17.2 Å². The molecule has 9 heteroatoms. The largest absolute Gasteiger partial charge is 0.455 e. The highest BCUT2D eigenvalue weighted by Crippen LogP contribution is 2.27. The Morgan fingerprint density at radius 2 is 2.33 bits per heavy atom. The maximum absolute atomic E-state index is 11.5. The fourth-order valence-corrected chi connectivity index (χ4v) is 2.74. The number of aromatic nitrogens is 4. The van der Waals surface area contributed by atoms with Crippen LogP contribution in [0, 0.1) is 6.92 Å². The Labute approximate surface area is 123 Å². The van der Waals surface area contributed by atoms with Crippen molar-refractivity contribution in [2.75, 3.05) is 0 Å². The van der Waals surface area contributed by atoms with Crippen molar-refractivity contribution in [3.63, 3.8) is 0 Å². The monoisotopic (exact) mass is 304 g/mol. The number of H-pyrrole nitrogens is 1. The molecule has 0 aliphatic rings. The Morgan fingerprint density at radius 1 is 1.48 bits per heavy atom. The molecular weight excluding hydrogens is 292 g/mol. The van der Waals surface area contributed by atoms with E-state index >= 15 is 0 Å². The number of nitrogens with two attached hydrogens (primary N) is 1. The molecule has 3 aromatic rings. The smallest absolute Gasteiger partial charge is 0.301 e. The molecule has 0 radical (unpaired) electrons. The lowest BCUT2D eigenvalue weighted by Crippen LogP contribution is -2.30. The van der Waals surface area contributed by atoms with Crippen molar-refractivity contribution < 1.29 is 9.21 Å². The Hall–Kier alpha value is -2.39. The SMILES string of the molecule is Cc1cc(CSc2ncnc3nc[nH]c23)oc1C(=O)NN. The van der Waals surface area contributed by atoms with Crippen molar-refractivity contribution in [1.82, 2.24) is 25.4 Å². The molecule has 0 fully saturated rings. The van der Waals surface area contributed by atoms with E-state index in [-0.39, 0.29) is 5.76 Å². The number of hydrogen-bond acceptors (Lipinski definition) is 7. The van der Waals surface area contributed by atoms with Gasteiger partial charge in [-0.3, -0.25) is 10.2 Å². The second-order valence-electron chi connectivity index (χ2n) is 4.27. The van der Waals surface area contributed by atoms with E-state index in [2.05, 4.69) is 25.4 Å². The van der Waals surface area contributed by atoms with Crippen molar-refractivity contribution in [2.24, 2.45) is 5.84 Å². The number of carbonyl (C=O) groups is 1. The van der Waals surface area contributed by atoms with Gasteiger partial charge < -0.3 is 9.40 Å². The second-order valence-corrected chi connectivity index (χ2v) is 5.23. The number of aromatic amines is 1. The van der Waals surface area contributed by atoms with Gasteiger partial charge in [-0.05, 0) is 13.0 Å². The molecule has 0 unspecified atom stereocenters. The Balaban J connectivity index is 1.79. The van der Waals surface area contributed by atoms with Crippen LogP contribution >= 0.6 is 11.8 Å². The molecule has 4 N–H and O–H groups in total. The van der Waals surface area contributed by atoms with Crippen LogP contribution in [-0.2, 0) is 5.75 Å². The highest BCUT2D eigenvalue weighted by atomic mass is 32.2. The van der Waals surface area contributed by atoms with E-state index in [9.17, 15) is 4.79 Å². The maximum Gasteiger partial charge on any atom is 0.301 e. The minimum Gasteiger partial charge on any atom is -0.455 e. The summed E-state index contributed by atoms with van der Waals surface area (Å²) < 4.78 is 5.50. The number of nitrogens with one attached hydrogen (secondary N) is 2. The van der Waals surface area contributed by atoms with Gasteiger partial charge in [0.2, 0.25) is 0 Å². The molecule has 8 nitrogen and oxygen atoms in total. The van der Waals surface area contributed by atoms with Crippen LogP contribution in [0.25, 0.3) is 11.2 Å². The van der Waals surface area contributed by atoms with Crippen molar-refractivity contribution in [1.29, 1.82) is 0 Å². The number of nitrogen functional groups attached to an aromatic ring is 1. The Bertz CT molecular complexity index is 796. The number of thioether (sulfide) groups is 1. The van der Waals surface area contributed by atoms with E-state index < -0.39 is 5.91 Å². The van der Waals surface area contributed by atoms with Gasteiger partial charge in [0.15, 0.2) is 11.4 Å². The van der Waals surface area contributed by atoms with Gasteiger partial charge in [-0.15, -0.1) is 0 Å². The third-order valence-corrected chi connectivity index (χ3v) is 3.86. The minimum atomic E-state index is -0.443. The number of imidazole rings is 1. The van der Waals surface area contributed by atoms with Crippen LogP contribution < -0.4 is 11.3 Å². The quantitative estimate of drug-likeness (QED) is 0.217. The predicted molar refractivity (Wildman–Crippen MR) is 76.3 cm³/mol. The van der Waals surface area contributed by atoms with Gasteiger partial charge in [0.1, 0.15) is 22.6 Å². The average molecular weight is 304 g/mol. The summed E-state index contributed by atoms with van der Waals surface area (Å²) >= 11 is 1.47. The standard InChI is InChI=1S/C12H12N6O2S/c1-6-2-7(20-9(6)11(19)18-13)3-21-12-8-10(15-4-14-8)16-5-17-12/h2,4-5H,3,13H2,1H3,(H,18,19)(H,14,15,16,17). The predicted octanol–water partition coefficient (Wildman–Crippen LogP) is 1.15. The van der Waals surface area contributed by atoms with Crippen LogP contribution in [0.5, 0.6) is 0 Å². The summed E-state index contributed by atoms with van der Waals surface area (Å²) in [5, 5.41) is 0.774. The van der Waals surface area contributed by atoms with E-state index in [0.717, 1.165) is 16.1 Å². The normalized spacial score (nSPS) is 11.0. The molecule has 3 rings (SSSR count). The van der Waals surface area contributed by atoms with Gasteiger partial charge in [0.05, 0.1) is 12.1 Å². The van der Waals surface area contributed by atoms with E-state index in [1.54, 1.807) is 13.3 Å². The summed E-state index contributed by atoms with van der Waals surface area (Å²) in [7, 11) is 0. The third kappa shape index (κ3) is 2.60. The Kier molecular flexibility index (Phi) is 3.59. The fraction of sp³-hybridized carbons (Fsp3) is 0.167. The molecule has 3 heterocycles. The van der Waals surface area contributed by atoms with Crippen molar-refractivity contribution >= 4 is 28.8 Å². The number of hydrazine groups is 1. The molecular formula is C12H12N6O2S. The lowest BCUT2D eigenvalue weighted by Gasteiger charge is -1.99. The van der Waals surface area contributed by atoms with E-state index in [4.69, 9.17) is 10.3 Å². The molecule has 3 aromatic heterocycles. The molecule has 0 saturated heterocycles. The van der Waals surface area contributed by atoms with E-state index in [1.165, 1.54) is 18.1 Å². The summed E-state index contributed by atoms with van der Waals surface area (Å²) in [6.45, 7) is 1.79. The first kappa shape index (κ1) is 13.6. The number of aryl methyl sites for hydroxylation is 1. The first-order chi connectivity index (χ1) is 10.2. The van der Waals surface area contributed by atoms with Crippen LogP contribution in [0.2, 0.25) is 0 Å². The summed E-state index contributed by atoms with van der Waals surface area (Å²) in [6.07, 6.45) is 3.04. The zero-order chi connectivity index (χ0) is 14.8. The second kappa shape index (κ2) is 5.54. The third-order valence-electron chi connectivity index (χ3n) is 2.85. The molecule has 108 valence electrons. The number of furan rings is 1. The van der Waals surface area contributed by atoms with Gasteiger partial charge in [-0.25, -0.2) is 20.8 Å². The molecule has 0 atom stereocenters. The zero-order valence-corrected chi connectivity index (χ0v) is 11.9. The number of hydrogen-bond donors (Lipinski definition) is 3. The first-order valence-corrected chi connectivity index (χ1v) is 7.04. The minimum absolute atomic E-state index is 0.225. The molecule has 0 bridgehead atoms. The maximum atomic E-state index is 11.5. The summed E-state index contributed by atoms with van der Waals surface area (Å²) in [5.41, 5.74) is 4.20. The van der Waals surface area contributed by atoms with E-state index in [1.807, 2.05) is 6.07 Å². The number of carbonyl (C=O) groups excluding carboxylic acids is 1. The highest BCUT2D eigenvalue weighted by Gasteiger charge is 2.15. The Morgan fingerprint density at radius 3 is 3.14 bits per heavy atom. The molecule has 21 heavy (non-hydrogen) atoms. The van der Waals surface area contributed by atoms with Crippen molar-refractivity contribution in [2.45, 2.75) is 17.7 Å². The lowest BCUT2D eigenvalue weighted by molar-refractivity contribution is 0.0923. The lowest BCUT2D eigenvalue weighted by atomic mass is 10.2. The fourth-order valence-electron chi connectivity index (χ4n) is 1.90. The molecule has 0 aliphatic heterocycles. The number of rotatable bonds is 4. The molecule has 0 aliphatic carbocycles.